The lowest BCUT2D eigenvalue weighted by Crippen LogP contribution is -2.03. The molecule has 35 heavy (non-hydrogen) atoms. The highest BCUT2D eigenvalue weighted by Gasteiger charge is 2.22. The summed E-state index contributed by atoms with van der Waals surface area (Å²) >= 11 is 1.27. The summed E-state index contributed by atoms with van der Waals surface area (Å²) < 4.78 is 52.1. The quantitative estimate of drug-likeness (QED) is 0.280. The van der Waals surface area contributed by atoms with Crippen LogP contribution >= 0.6 is 11.8 Å². The minimum atomic E-state index is -0.453. The van der Waals surface area contributed by atoms with Gasteiger partial charge in [-0.1, -0.05) is 23.9 Å². The summed E-state index contributed by atoms with van der Waals surface area (Å²) in [5.74, 6) is 1.66. The van der Waals surface area contributed by atoms with Crippen LogP contribution in [0, 0.1) is 11.6 Å². The van der Waals surface area contributed by atoms with Crippen molar-refractivity contribution in [3.63, 3.8) is 0 Å². The molecule has 182 valence electrons. The van der Waals surface area contributed by atoms with E-state index in [1.165, 1.54) is 58.4 Å². The van der Waals surface area contributed by atoms with E-state index >= 15 is 0 Å². The molecular weight excluding hydrogens is 476 g/mol. The molecule has 1 heterocycles. The van der Waals surface area contributed by atoms with Gasteiger partial charge in [-0.15, -0.1) is 10.2 Å². The summed E-state index contributed by atoms with van der Waals surface area (Å²) in [5.41, 5.74) is 1.47. The second-order valence-corrected chi connectivity index (χ2v) is 8.19. The van der Waals surface area contributed by atoms with Gasteiger partial charge in [-0.3, -0.25) is 4.57 Å². The molecule has 0 unspecified atom stereocenters. The molecule has 0 amide bonds. The zero-order valence-corrected chi connectivity index (χ0v) is 20.4. The Labute approximate surface area is 205 Å². The molecule has 0 radical (unpaired) electrons. The predicted octanol–water partition coefficient (Wildman–Crippen LogP) is 5.54. The van der Waals surface area contributed by atoms with Crippen LogP contribution < -0.4 is 18.9 Å². The molecule has 4 aromatic rings. The first-order valence-corrected chi connectivity index (χ1v) is 11.4. The fourth-order valence-corrected chi connectivity index (χ4v) is 4.54. The first kappa shape index (κ1) is 24.3. The van der Waals surface area contributed by atoms with Gasteiger partial charge in [-0.05, 0) is 42.5 Å². The average molecular weight is 500 g/mol. The van der Waals surface area contributed by atoms with Gasteiger partial charge < -0.3 is 18.9 Å². The van der Waals surface area contributed by atoms with Crippen LogP contribution in [0.15, 0.2) is 59.8 Å². The molecule has 0 N–H and O–H groups in total. The molecule has 3 aromatic carbocycles. The lowest BCUT2D eigenvalue weighted by Gasteiger charge is -2.15. The molecule has 0 atom stereocenters. The maximum absolute atomic E-state index is 14.9. The SMILES string of the molecule is COc1ccc(F)cc1CSc1nnc(-c2cc(OC)c(OC)c(OC)c2)n1-c1ccccc1F. The third-order valence-electron chi connectivity index (χ3n) is 5.25. The van der Waals surface area contributed by atoms with E-state index in [4.69, 9.17) is 18.9 Å². The maximum atomic E-state index is 14.9. The lowest BCUT2D eigenvalue weighted by molar-refractivity contribution is 0.324. The van der Waals surface area contributed by atoms with Gasteiger partial charge in [-0.2, -0.15) is 0 Å². The monoisotopic (exact) mass is 499 g/mol. The Bertz CT molecular complexity index is 1320. The molecule has 0 spiro atoms. The van der Waals surface area contributed by atoms with Gasteiger partial charge in [0.2, 0.25) is 5.75 Å². The maximum Gasteiger partial charge on any atom is 0.203 e. The number of halogens is 2. The molecule has 1 aromatic heterocycles. The molecule has 0 fully saturated rings. The number of methoxy groups -OCH3 is 4. The van der Waals surface area contributed by atoms with Crippen LogP contribution in [0.4, 0.5) is 8.78 Å². The van der Waals surface area contributed by atoms with Crippen molar-refractivity contribution in [3.05, 3.63) is 71.8 Å². The van der Waals surface area contributed by atoms with Gasteiger partial charge in [0.15, 0.2) is 22.5 Å². The number of hydrogen-bond acceptors (Lipinski definition) is 7. The van der Waals surface area contributed by atoms with E-state index in [1.54, 1.807) is 41.0 Å². The van der Waals surface area contributed by atoms with Gasteiger partial charge in [0.1, 0.15) is 17.4 Å². The number of rotatable bonds is 9. The number of aromatic nitrogens is 3. The minimum Gasteiger partial charge on any atom is -0.496 e. The second kappa shape index (κ2) is 10.6. The molecule has 7 nitrogen and oxygen atoms in total. The van der Waals surface area contributed by atoms with Crippen molar-refractivity contribution in [3.8, 4) is 40.1 Å². The second-order valence-electron chi connectivity index (χ2n) is 7.25. The highest BCUT2D eigenvalue weighted by molar-refractivity contribution is 7.98. The summed E-state index contributed by atoms with van der Waals surface area (Å²) in [7, 11) is 6.05. The average Bonchev–Trinajstić information content (AvgIpc) is 3.30. The topological polar surface area (TPSA) is 67.6 Å². The predicted molar refractivity (Wildman–Crippen MR) is 129 cm³/mol. The Kier molecular flexibility index (Phi) is 7.40. The van der Waals surface area contributed by atoms with E-state index in [2.05, 4.69) is 10.2 Å². The van der Waals surface area contributed by atoms with E-state index in [-0.39, 0.29) is 11.5 Å². The van der Waals surface area contributed by atoms with E-state index < -0.39 is 5.82 Å². The summed E-state index contributed by atoms with van der Waals surface area (Å²) in [6, 6.07) is 14.0. The molecule has 4 rings (SSSR count). The van der Waals surface area contributed by atoms with Crippen LogP contribution in [0.25, 0.3) is 17.1 Å². The Balaban J connectivity index is 1.84. The van der Waals surface area contributed by atoms with Crippen LogP contribution in [0.2, 0.25) is 0 Å². The third kappa shape index (κ3) is 4.88. The van der Waals surface area contributed by atoms with Crippen molar-refractivity contribution in [1.82, 2.24) is 14.8 Å². The summed E-state index contributed by atoms with van der Waals surface area (Å²) in [6.45, 7) is 0. The van der Waals surface area contributed by atoms with Gasteiger partial charge in [-0.25, -0.2) is 8.78 Å². The summed E-state index contributed by atoms with van der Waals surface area (Å²) in [4.78, 5) is 0. The number of hydrogen-bond donors (Lipinski definition) is 0. The highest BCUT2D eigenvalue weighted by atomic mass is 32.2. The minimum absolute atomic E-state index is 0.259. The zero-order chi connectivity index (χ0) is 24.9. The molecule has 0 aliphatic heterocycles. The van der Waals surface area contributed by atoms with Gasteiger partial charge in [0.05, 0.1) is 34.1 Å². The Hall–Kier alpha value is -3.79. The van der Waals surface area contributed by atoms with E-state index in [1.807, 2.05) is 0 Å². The molecule has 0 saturated carbocycles. The zero-order valence-electron chi connectivity index (χ0n) is 19.5. The van der Waals surface area contributed by atoms with Crippen LogP contribution in [0.3, 0.4) is 0 Å². The first-order valence-electron chi connectivity index (χ1n) is 10.5. The fraction of sp³-hybridized carbons (Fsp3) is 0.200. The van der Waals surface area contributed by atoms with Crippen molar-refractivity contribution in [1.29, 1.82) is 0 Å². The summed E-state index contributed by atoms with van der Waals surface area (Å²) in [5, 5.41) is 9.08. The van der Waals surface area contributed by atoms with Gasteiger partial charge in [0.25, 0.3) is 0 Å². The first-order chi connectivity index (χ1) is 17.0. The van der Waals surface area contributed by atoms with Crippen LogP contribution in [-0.2, 0) is 5.75 Å². The largest absolute Gasteiger partial charge is 0.496 e. The number of thioether (sulfide) groups is 1. The highest BCUT2D eigenvalue weighted by Crippen LogP contribution is 2.42. The van der Waals surface area contributed by atoms with Crippen LogP contribution in [0.5, 0.6) is 23.0 Å². The van der Waals surface area contributed by atoms with Crippen molar-refractivity contribution in [2.24, 2.45) is 0 Å². The Morgan fingerprint density at radius 2 is 1.49 bits per heavy atom. The van der Waals surface area contributed by atoms with Crippen LogP contribution in [0.1, 0.15) is 5.56 Å². The van der Waals surface area contributed by atoms with Crippen molar-refractivity contribution < 1.29 is 27.7 Å². The fourth-order valence-electron chi connectivity index (χ4n) is 3.61. The Morgan fingerprint density at radius 1 is 0.800 bits per heavy atom. The summed E-state index contributed by atoms with van der Waals surface area (Å²) in [6.07, 6.45) is 0. The molecule has 0 saturated heterocycles. The van der Waals surface area contributed by atoms with Crippen molar-refractivity contribution >= 4 is 11.8 Å². The van der Waals surface area contributed by atoms with E-state index in [9.17, 15) is 8.78 Å². The number of nitrogens with zero attached hydrogens (tertiary/aromatic N) is 3. The van der Waals surface area contributed by atoms with Crippen molar-refractivity contribution in [2.75, 3.05) is 28.4 Å². The van der Waals surface area contributed by atoms with Gasteiger partial charge in [0, 0.05) is 16.9 Å². The molecule has 10 heteroatoms. The number of benzene rings is 3. The third-order valence-corrected chi connectivity index (χ3v) is 6.23. The smallest absolute Gasteiger partial charge is 0.203 e. The Morgan fingerprint density at radius 3 is 2.11 bits per heavy atom. The lowest BCUT2D eigenvalue weighted by atomic mass is 10.1. The number of ether oxygens (including phenoxy) is 4. The molecule has 0 bridgehead atoms. The van der Waals surface area contributed by atoms with Crippen molar-refractivity contribution in [2.45, 2.75) is 10.9 Å². The van der Waals surface area contributed by atoms with E-state index in [0.717, 1.165) is 0 Å². The van der Waals surface area contributed by atoms with Gasteiger partial charge >= 0.3 is 0 Å². The molecule has 0 aliphatic rings. The standard InChI is InChI=1S/C25H23F2N3O4S/c1-31-20-10-9-17(26)11-16(20)14-35-25-29-28-24(30(25)19-8-6-5-7-18(19)27)15-12-21(32-2)23(34-4)22(13-15)33-3/h5-13H,14H2,1-4H3. The number of para-hydroxylation sites is 1. The molecule has 0 aliphatic carbocycles. The molecular formula is C25H23F2N3O4S. The normalized spacial score (nSPS) is 10.8. The van der Waals surface area contributed by atoms with Crippen LogP contribution in [-0.4, -0.2) is 43.2 Å². The van der Waals surface area contributed by atoms with E-state index in [0.29, 0.717) is 50.9 Å².